The average Bonchev–Trinajstić information content (AvgIpc) is 2.34. The van der Waals surface area contributed by atoms with Gasteiger partial charge in [-0.15, -0.1) is 0 Å². The number of rotatable bonds is 5. The summed E-state index contributed by atoms with van der Waals surface area (Å²) in [5, 5.41) is 5.57. The van der Waals surface area contributed by atoms with Gasteiger partial charge in [-0.3, -0.25) is 5.73 Å². The number of nitrogens with zero attached hydrogens (tertiary/aromatic N) is 1. The molecule has 0 atom stereocenters. The van der Waals surface area contributed by atoms with Crippen LogP contribution < -0.4 is 21.1 Å². The van der Waals surface area contributed by atoms with E-state index >= 15 is 0 Å². The van der Waals surface area contributed by atoms with Crippen LogP contribution in [0.2, 0.25) is 0 Å². The fourth-order valence-electron chi connectivity index (χ4n) is 1.35. The smallest absolute Gasteiger partial charge is 0.407 e. The first-order valence-corrected chi connectivity index (χ1v) is 6.29. The molecule has 0 saturated heterocycles. The van der Waals surface area contributed by atoms with Gasteiger partial charge < -0.3 is 20.1 Å². The number of pyridine rings is 1. The predicted octanol–water partition coefficient (Wildman–Crippen LogP) is 1.94. The summed E-state index contributed by atoms with van der Waals surface area (Å²) in [6.45, 7) is 6.21. The molecule has 7 nitrogen and oxygen atoms in total. The Hall–Kier alpha value is -2.18. The zero-order chi connectivity index (χ0) is 15.2. The van der Waals surface area contributed by atoms with Crippen molar-refractivity contribution in [1.82, 2.24) is 16.0 Å². The Bertz CT molecular complexity index is 457. The molecule has 0 unspecified atom stereocenters. The standard InChI is InChI=1S/C13H21N4O3/c1-13(2,3)20-12(18)16-8-7-15-11-9(14)5-6-10(17-11)19-4/h5-6,14H,7-8H2,1-4H3,(H,15,17)(H,16,18). The molecule has 0 spiro atoms. The second kappa shape index (κ2) is 6.83. The highest BCUT2D eigenvalue weighted by atomic mass is 16.6. The van der Waals surface area contributed by atoms with E-state index in [1.165, 1.54) is 7.11 Å². The first-order chi connectivity index (χ1) is 9.31. The van der Waals surface area contributed by atoms with Crippen molar-refractivity contribution in [3.05, 3.63) is 12.1 Å². The molecule has 1 aromatic heterocycles. The fourth-order valence-corrected chi connectivity index (χ4v) is 1.35. The summed E-state index contributed by atoms with van der Waals surface area (Å²) in [6, 6.07) is 3.21. The van der Waals surface area contributed by atoms with Crippen LogP contribution in [0.5, 0.6) is 5.88 Å². The predicted molar refractivity (Wildman–Crippen MR) is 76.3 cm³/mol. The van der Waals surface area contributed by atoms with Crippen molar-refractivity contribution in [2.24, 2.45) is 0 Å². The highest BCUT2D eigenvalue weighted by Crippen LogP contribution is 2.20. The topological polar surface area (TPSA) is 96.3 Å². The zero-order valence-electron chi connectivity index (χ0n) is 12.2. The summed E-state index contributed by atoms with van der Waals surface area (Å²) in [4.78, 5) is 15.5. The number of hydrogen-bond acceptors (Lipinski definition) is 5. The number of amides is 1. The Morgan fingerprint density at radius 2 is 2.05 bits per heavy atom. The van der Waals surface area contributed by atoms with E-state index in [1.807, 2.05) is 0 Å². The van der Waals surface area contributed by atoms with Gasteiger partial charge in [0.1, 0.15) is 5.60 Å². The van der Waals surface area contributed by atoms with Gasteiger partial charge in [0.05, 0.1) is 12.8 Å². The van der Waals surface area contributed by atoms with Gasteiger partial charge >= 0.3 is 6.09 Å². The third-order valence-corrected chi connectivity index (χ3v) is 2.16. The fraction of sp³-hybridized carbons (Fsp3) is 0.538. The Morgan fingerprint density at radius 3 is 2.65 bits per heavy atom. The molecule has 0 saturated carbocycles. The normalized spacial score (nSPS) is 10.8. The number of methoxy groups -OCH3 is 1. The summed E-state index contributed by atoms with van der Waals surface area (Å²) in [5.74, 6) is 0.846. The molecular formula is C13H21N4O3. The Labute approximate surface area is 118 Å². The Balaban J connectivity index is 2.36. The molecule has 1 heterocycles. The van der Waals surface area contributed by atoms with Crippen LogP contribution in [0.1, 0.15) is 20.8 Å². The largest absolute Gasteiger partial charge is 0.481 e. The van der Waals surface area contributed by atoms with Crippen molar-refractivity contribution in [3.8, 4) is 5.88 Å². The second-order valence-electron chi connectivity index (χ2n) is 5.11. The van der Waals surface area contributed by atoms with Crippen LogP contribution in [-0.4, -0.2) is 36.9 Å². The van der Waals surface area contributed by atoms with Gasteiger partial charge in [-0.1, -0.05) is 0 Å². The number of aromatic nitrogens is 1. The minimum Gasteiger partial charge on any atom is -0.481 e. The highest BCUT2D eigenvalue weighted by molar-refractivity contribution is 5.67. The molecule has 111 valence electrons. The molecule has 0 fully saturated rings. The van der Waals surface area contributed by atoms with Gasteiger partial charge in [-0.05, 0) is 26.8 Å². The van der Waals surface area contributed by atoms with Crippen molar-refractivity contribution in [3.63, 3.8) is 0 Å². The molecule has 1 amide bonds. The van der Waals surface area contributed by atoms with Crippen LogP contribution in [0.15, 0.2) is 12.1 Å². The molecule has 3 N–H and O–H groups in total. The minimum atomic E-state index is -0.514. The van der Waals surface area contributed by atoms with Gasteiger partial charge in [0.25, 0.3) is 0 Å². The maximum Gasteiger partial charge on any atom is 0.407 e. The van der Waals surface area contributed by atoms with Crippen LogP contribution in [-0.2, 0) is 4.74 Å². The van der Waals surface area contributed by atoms with E-state index in [0.717, 1.165) is 0 Å². The van der Waals surface area contributed by atoms with Gasteiger partial charge in [-0.25, -0.2) is 4.79 Å². The Morgan fingerprint density at radius 1 is 1.35 bits per heavy atom. The van der Waals surface area contributed by atoms with E-state index in [-0.39, 0.29) is 5.69 Å². The number of nitrogens with one attached hydrogen (secondary N) is 3. The zero-order valence-corrected chi connectivity index (χ0v) is 12.2. The first kappa shape index (κ1) is 15.9. The molecule has 7 heteroatoms. The SMILES string of the molecule is COc1ccc([NH])c(NCCNC(=O)OC(C)(C)C)n1. The summed E-state index contributed by atoms with van der Waals surface area (Å²) in [5.41, 5.74) is 7.44. The number of hydrogen-bond donors (Lipinski definition) is 2. The molecule has 0 bridgehead atoms. The minimum absolute atomic E-state index is 0.267. The summed E-state index contributed by atoms with van der Waals surface area (Å²) < 4.78 is 10.1. The Kier molecular flexibility index (Phi) is 5.42. The molecule has 0 aliphatic carbocycles. The highest BCUT2D eigenvalue weighted by Gasteiger charge is 2.15. The van der Waals surface area contributed by atoms with Crippen molar-refractivity contribution in [1.29, 1.82) is 0 Å². The molecule has 1 aromatic rings. The molecule has 0 aliphatic rings. The number of carbonyl (C=O) groups excluding carboxylic acids is 1. The van der Waals surface area contributed by atoms with E-state index in [1.54, 1.807) is 32.9 Å². The van der Waals surface area contributed by atoms with Crippen molar-refractivity contribution in [2.45, 2.75) is 26.4 Å². The van der Waals surface area contributed by atoms with E-state index in [2.05, 4.69) is 15.6 Å². The third-order valence-electron chi connectivity index (χ3n) is 2.16. The van der Waals surface area contributed by atoms with Gasteiger partial charge in [0.15, 0.2) is 5.82 Å². The molecule has 1 radical (unpaired) electrons. The van der Waals surface area contributed by atoms with Crippen molar-refractivity contribution in [2.75, 3.05) is 25.5 Å². The lowest BCUT2D eigenvalue weighted by molar-refractivity contribution is 0.0530. The molecule has 0 aliphatic heterocycles. The molecular weight excluding hydrogens is 260 g/mol. The van der Waals surface area contributed by atoms with Gasteiger partial charge in [0, 0.05) is 19.2 Å². The monoisotopic (exact) mass is 281 g/mol. The van der Waals surface area contributed by atoms with Crippen molar-refractivity contribution < 1.29 is 14.3 Å². The number of anilines is 1. The van der Waals surface area contributed by atoms with Crippen LogP contribution in [0.25, 0.3) is 0 Å². The lowest BCUT2D eigenvalue weighted by Crippen LogP contribution is -2.35. The van der Waals surface area contributed by atoms with Crippen LogP contribution in [0, 0.1) is 0 Å². The average molecular weight is 281 g/mol. The maximum atomic E-state index is 11.4. The van der Waals surface area contributed by atoms with E-state index in [4.69, 9.17) is 15.2 Å². The lowest BCUT2D eigenvalue weighted by Gasteiger charge is -2.19. The van der Waals surface area contributed by atoms with Crippen LogP contribution in [0.3, 0.4) is 0 Å². The van der Waals surface area contributed by atoms with E-state index in [9.17, 15) is 4.79 Å². The molecule has 1 rings (SSSR count). The summed E-state index contributed by atoms with van der Waals surface area (Å²) >= 11 is 0. The molecule has 0 aromatic carbocycles. The molecule has 20 heavy (non-hydrogen) atoms. The number of alkyl carbamates (subject to hydrolysis) is 1. The third kappa shape index (κ3) is 5.64. The van der Waals surface area contributed by atoms with Crippen LogP contribution >= 0.6 is 0 Å². The summed E-state index contributed by atoms with van der Waals surface area (Å²) in [6.07, 6.45) is -0.469. The van der Waals surface area contributed by atoms with Crippen LogP contribution in [0.4, 0.5) is 16.3 Å². The lowest BCUT2D eigenvalue weighted by atomic mass is 10.2. The summed E-state index contributed by atoms with van der Waals surface area (Å²) in [7, 11) is 1.51. The quantitative estimate of drug-likeness (QED) is 0.804. The van der Waals surface area contributed by atoms with E-state index < -0.39 is 11.7 Å². The second-order valence-corrected chi connectivity index (χ2v) is 5.11. The number of ether oxygens (including phenoxy) is 2. The van der Waals surface area contributed by atoms with E-state index in [0.29, 0.717) is 24.8 Å². The van der Waals surface area contributed by atoms with Gasteiger partial charge in [0.2, 0.25) is 5.88 Å². The first-order valence-electron chi connectivity index (χ1n) is 6.29. The maximum absolute atomic E-state index is 11.4. The van der Waals surface area contributed by atoms with Crippen molar-refractivity contribution >= 4 is 17.6 Å². The number of carbonyl (C=O) groups is 1. The van der Waals surface area contributed by atoms with Gasteiger partial charge in [-0.2, -0.15) is 4.98 Å².